The number of nitrogens with zero attached hydrogens (tertiary/aromatic N) is 6. The Balaban J connectivity index is 1.41. The second kappa shape index (κ2) is 13.7. The van der Waals surface area contributed by atoms with Crippen molar-refractivity contribution in [2.75, 3.05) is 78.0 Å². The molecule has 2 fully saturated rings. The average molecular weight is 697 g/mol. The van der Waals surface area contributed by atoms with Gasteiger partial charge in [0.1, 0.15) is 22.1 Å². The number of benzene rings is 3. The summed E-state index contributed by atoms with van der Waals surface area (Å²) in [6.07, 6.45) is 3.86. The molecule has 4 heterocycles. The van der Waals surface area contributed by atoms with Gasteiger partial charge in [-0.15, -0.1) is 0 Å². The zero-order valence-electron chi connectivity index (χ0n) is 29.1. The van der Waals surface area contributed by atoms with Crippen LogP contribution in [-0.4, -0.2) is 108 Å². The molecule has 0 bridgehead atoms. The molecule has 0 spiro atoms. The molecule has 1 atom stereocenters. The molecule has 2 saturated heterocycles. The minimum Gasteiger partial charge on any atom is -0.497 e. The van der Waals surface area contributed by atoms with Crippen molar-refractivity contribution >= 4 is 26.6 Å². The number of hydrogen-bond acceptors (Lipinski definition) is 10. The third-order valence-electron chi connectivity index (χ3n) is 10.7. The van der Waals surface area contributed by atoms with Gasteiger partial charge in [0.2, 0.25) is 0 Å². The van der Waals surface area contributed by atoms with Crippen LogP contribution in [-0.2, 0) is 15.6 Å². The lowest BCUT2D eigenvalue weighted by atomic mass is 9.80. The van der Waals surface area contributed by atoms with Crippen molar-refractivity contribution in [3.05, 3.63) is 83.6 Å². The molecule has 11 nitrogen and oxygen atoms in total. The molecule has 1 unspecified atom stereocenters. The van der Waals surface area contributed by atoms with Gasteiger partial charge in [-0.2, -0.15) is 5.26 Å². The van der Waals surface area contributed by atoms with Crippen LogP contribution in [0.25, 0.3) is 10.9 Å². The molecule has 262 valence electrons. The standard InChI is InChI=1S/C38H44N6O5S/c1-5-49-35-11-9-29(47-3)24-32(35)38(43-21-19-42(20-22-43)28-14-17-41(2)18-15-28)26-44(33-10-8-27(25-39)23-31(33)38)50(45,46)36-13-12-34(48-4)30-7-6-16-40-37(30)36/h6-13,16,23-24,28H,5,14-15,17-22,26H2,1-4H3. The highest BCUT2D eigenvalue weighted by Crippen LogP contribution is 2.53. The number of nitriles is 1. The lowest BCUT2D eigenvalue weighted by Gasteiger charge is -2.49. The molecule has 0 aliphatic carbocycles. The van der Waals surface area contributed by atoms with Gasteiger partial charge < -0.3 is 19.1 Å². The van der Waals surface area contributed by atoms with Crippen LogP contribution < -0.4 is 18.5 Å². The Morgan fingerprint density at radius 2 is 1.68 bits per heavy atom. The number of anilines is 1. The first-order chi connectivity index (χ1) is 24.2. The van der Waals surface area contributed by atoms with Gasteiger partial charge >= 0.3 is 0 Å². The van der Waals surface area contributed by atoms with E-state index >= 15 is 8.42 Å². The van der Waals surface area contributed by atoms with E-state index < -0.39 is 15.6 Å². The molecular weight excluding hydrogens is 653 g/mol. The van der Waals surface area contributed by atoms with E-state index in [0.717, 1.165) is 50.1 Å². The molecular formula is C38H44N6O5S. The summed E-state index contributed by atoms with van der Waals surface area (Å²) in [7, 11) is 1.17. The van der Waals surface area contributed by atoms with Crippen LogP contribution in [0.15, 0.2) is 71.8 Å². The van der Waals surface area contributed by atoms with Crippen LogP contribution in [0.2, 0.25) is 0 Å². The van der Waals surface area contributed by atoms with Crippen LogP contribution in [0, 0.1) is 11.3 Å². The van der Waals surface area contributed by atoms with Gasteiger partial charge in [-0.05, 0) is 101 Å². The number of methoxy groups -OCH3 is 2. The predicted octanol–water partition coefficient (Wildman–Crippen LogP) is 4.69. The Morgan fingerprint density at radius 1 is 0.920 bits per heavy atom. The minimum atomic E-state index is -4.20. The highest BCUT2D eigenvalue weighted by Gasteiger charge is 2.54. The number of likely N-dealkylation sites (tertiary alicyclic amines) is 1. The number of hydrogen-bond donors (Lipinski definition) is 0. The van der Waals surface area contributed by atoms with E-state index in [9.17, 15) is 5.26 Å². The molecule has 50 heavy (non-hydrogen) atoms. The number of pyridine rings is 1. The van der Waals surface area contributed by atoms with E-state index in [2.05, 4.69) is 32.8 Å². The molecule has 0 N–H and O–H groups in total. The maximum Gasteiger partial charge on any atom is 0.266 e. The van der Waals surface area contributed by atoms with E-state index in [-0.39, 0.29) is 11.4 Å². The van der Waals surface area contributed by atoms with Gasteiger partial charge in [0.25, 0.3) is 10.0 Å². The topological polar surface area (TPSA) is 111 Å². The van der Waals surface area contributed by atoms with Gasteiger partial charge in [0.15, 0.2) is 0 Å². The summed E-state index contributed by atoms with van der Waals surface area (Å²) in [5, 5.41) is 10.7. The first-order valence-corrected chi connectivity index (χ1v) is 18.7. The van der Waals surface area contributed by atoms with Crippen LogP contribution in [0.5, 0.6) is 17.2 Å². The summed E-state index contributed by atoms with van der Waals surface area (Å²) in [5.41, 5.74) is 1.86. The van der Waals surface area contributed by atoms with Crippen LogP contribution >= 0.6 is 0 Å². The zero-order chi connectivity index (χ0) is 35.0. The molecule has 7 rings (SSSR count). The van der Waals surface area contributed by atoms with E-state index in [1.165, 1.54) is 4.31 Å². The van der Waals surface area contributed by atoms with Gasteiger partial charge in [-0.3, -0.25) is 19.1 Å². The third-order valence-corrected chi connectivity index (χ3v) is 12.5. The number of piperidine rings is 1. The highest BCUT2D eigenvalue weighted by molar-refractivity contribution is 7.93. The first-order valence-electron chi connectivity index (χ1n) is 17.2. The van der Waals surface area contributed by atoms with Gasteiger partial charge in [-0.1, -0.05) is 0 Å². The fourth-order valence-electron chi connectivity index (χ4n) is 8.11. The van der Waals surface area contributed by atoms with Crippen molar-refractivity contribution in [2.45, 2.75) is 36.2 Å². The van der Waals surface area contributed by atoms with E-state index in [1.54, 1.807) is 50.7 Å². The smallest absolute Gasteiger partial charge is 0.266 e. The van der Waals surface area contributed by atoms with Crippen molar-refractivity contribution < 1.29 is 22.6 Å². The quantitative estimate of drug-likeness (QED) is 0.245. The second-order valence-corrected chi connectivity index (χ2v) is 15.1. The van der Waals surface area contributed by atoms with Crippen LogP contribution in [0.1, 0.15) is 36.5 Å². The summed E-state index contributed by atoms with van der Waals surface area (Å²) in [6, 6.07) is 20.7. The SMILES string of the molecule is CCOc1ccc(OC)cc1C1(N2CCN(C3CCN(C)CC3)CC2)CN(S(=O)(=O)c2ccc(OC)c3cccnc23)c2ccc(C#N)cc21. The number of sulfonamides is 1. The number of rotatable bonds is 9. The van der Waals surface area contributed by atoms with E-state index in [1.807, 2.05) is 37.3 Å². The molecule has 12 heteroatoms. The lowest BCUT2D eigenvalue weighted by molar-refractivity contribution is 0.0248. The van der Waals surface area contributed by atoms with Gasteiger partial charge in [-0.25, -0.2) is 8.42 Å². The monoisotopic (exact) mass is 696 g/mol. The van der Waals surface area contributed by atoms with Crippen LogP contribution in [0.4, 0.5) is 5.69 Å². The number of ether oxygens (including phenoxy) is 3. The van der Waals surface area contributed by atoms with Crippen molar-refractivity contribution in [1.82, 2.24) is 19.7 Å². The van der Waals surface area contributed by atoms with Crippen molar-refractivity contribution in [2.24, 2.45) is 0 Å². The summed E-state index contributed by atoms with van der Waals surface area (Å²) < 4.78 is 49.3. The zero-order valence-corrected chi connectivity index (χ0v) is 29.9. The Kier molecular flexibility index (Phi) is 9.34. The maximum atomic E-state index is 15.1. The largest absolute Gasteiger partial charge is 0.497 e. The lowest BCUT2D eigenvalue weighted by Crippen LogP contribution is -2.60. The van der Waals surface area contributed by atoms with Gasteiger partial charge in [0.05, 0.1) is 55.7 Å². The van der Waals surface area contributed by atoms with E-state index in [0.29, 0.717) is 65.1 Å². The highest BCUT2D eigenvalue weighted by atomic mass is 32.2. The predicted molar refractivity (Wildman–Crippen MR) is 193 cm³/mol. The fraction of sp³-hybridized carbons (Fsp3) is 0.421. The minimum absolute atomic E-state index is 0.0708. The molecule has 3 aliphatic rings. The number of piperazine rings is 1. The fourth-order valence-corrected chi connectivity index (χ4v) is 9.77. The molecule has 0 saturated carbocycles. The second-order valence-electron chi connectivity index (χ2n) is 13.2. The summed E-state index contributed by atoms with van der Waals surface area (Å²) >= 11 is 0. The Hall–Kier alpha value is -4.41. The molecule has 0 amide bonds. The number of aromatic nitrogens is 1. The average Bonchev–Trinajstić information content (AvgIpc) is 3.51. The van der Waals surface area contributed by atoms with E-state index in [4.69, 9.17) is 14.2 Å². The number of fused-ring (bicyclic) bond motifs is 2. The molecule has 3 aliphatic heterocycles. The van der Waals surface area contributed by atoms with Crippen molar-refractivity contribution in [3.63, 3.8) is 0 Å². The summed E-state index contributed by atoms with van der Waals surface area (Å²) in [5.74, 6) is 1.83. The molecule has 4 aromatic rings. The Bertz CT molecular complexity index is 2040. The summed E-state index contributed by atoms with van der Waals surface area (Å²) in [6.45, 7) is 7.70. The molecule has 0 radical (unpaired) electrons. The molecule has 1 aromatic heterocycles. The van der Waals surface area contributed by atoms with Gasteiger partial charge in [0, 0.05) is 54.9 Å². The van der Waals surface area contributed by atoms with Crippen LogP contribution in [0.3, 0.4) is 0 Å². The Labute approximate surface area is 294 Å². The third kappa shape index (κ3) is 5.72. The Morgan fingerprint density at radius 3 is 2.38 bits per heavy atom. The first kappa shape index (κ1) is 34.1. The maximum absolute atomic E-state index is 15.1. The normalized spacial score (nSPS) is 20.8. The van der Waals surface area contributed by atoms with Crippen molar-refractivity contribution in [3.8, 4) is 23.3 Å². The summed E-state index contributed by atoms with van der Waals surface area (Å²) in [4.78, 5) is 12.0. The van der Waals surface area contributed by atoms with Crippen molar-refractivity contribution in [1.29, 1.82) is 5.26 Å². The molecule has 3 aromatic carbocycles.